The molecule has 0 atom stereocenters. The maximum absolute atomic E-state index is 12.8. The van der Waals surface area contributed by atoms with Crippen LogP contribution in [0.15, 0.2) is 53.3 Å². The minimum Gasteiger partial charge on any atom is -0.350 e. The highest BCUT2D eigenvalue weighted by molar-refractivity contribution is 7.18. The maximum atomic E-state index is 12.8. The van der Waals surface area contributed by atoms with Crippen molar-refractivity contribution in [2.45, 2.75) is 26.3 Å². The quantitative estimate of drug-likeness (QED) is 0.563. The molecular formula is C21H20N4O2S. The van der Waals surface area contributed by atoms with E-state index in [0.29, 0.717) is 23.7 Å². The number of hydrogen-bond acceptors (Lipinski definition) is 5. The Balaban J connectivity index is 1.56. The molecule has 1 N–H and O–H groups in total. The fraction of sp³-hybridized carbons (Fsp3) is 0.238. The average Bonchev–Trinajstić information content (AvgIpc) is 3.11. The molecule has 6 nitrogen and oxygen atoms in total. The Kier molecular flexibility index (Phi) is 4.92. The van der Waals surface area contributed by atoms with Gasteiger partial charge in [0, 0.05) is 18.4 Å². The van der Waals surface area contributed by atoms with Crippen LogP contribution in [0.4, 0.5) is 0 Å². The number of amides is 1. The zero-order valence-corrected chi connectivity index (χ0v) is 16.5. The Bertz CT molecular complexity index is 1190. The molecule has 0 saturated carbocycles. The molecule has 0 fully saturated rings. The highest BCUT2D eigenvalue weighted by Gasteiger charge is 2.17. The molecule has 7 heteroatoms. The first-order chi connectivity index (χ1) is 13.5. The van der Waals surface area contributed by atoms with Crippen LogP contribution in [0.3, 0.4) is 0 Å². The van der Waals surface area contributed by atoms with Gasteiger partial charge in [-0.3, -0.25) is 9.59 Å². The van der Waals surface area contributed by atoms with Crippen LogP contribution in [0.5, 0.6) is 0 Å². The second-order valence-corrected chi connectivity index (χ2v) is 7.93. The van der Waals surface area contributed by atoms with Gasteiger partial charge in [0.15, 0.2) is 5.69 Å². The number of aromatic nitrogens is 3. The summed E-state index contributed by atoms with van der Waals surface area (Å²) in [5, 5.41) is 9.31. The minimum atomic E-state index is -0.285. The number of hydrogen-bond donors (Lipinski definition) is 1. The van der Waals surface area contributed by atoms with Gasteiger partial charge in [0.05, 0.1) is 26.7 Å². The number of fused-ring (bicyclic) bond motifs is 2. The Hall–Kier alpha value is -3.06. The van der Waals surface area contributed by atoms with Crippen LogP contribution in [0.2, 0.25) is 0 Å². The SMILES string of the molecule is CC(C)n1nc(C(=O)NCCc2nc3ccccc3s2)c2ccccc2c1=O. The largest absolute Gasteiger partial charge is 0.350 e. The molecule has 1 amide bonds. The van der Waals surface area contributed by atoms with Crippen LogP contribution in [-0.2, 0) is 6.42 Å². The Labute approximate surface area is 165 Å². The molecule has 0 spiro atoms. The van der Waals surface area contributed by atoms with Crippen LogP contribution in [0.1, 0.15) is 35.4 Å². The van der Waals surface area contributed by atoms with E-state index in [1.807, 2.05) is 38.1 Å². The highest BCUT2D eigenvalue weighted by atomic mass is 32.1. The van der Waals surface area contributed by atoms with Crippen molar-refractivity contribution in [1.29, 1.82) is 0 Å². The van der Waals surface area contributed by atoms with Crippen molar-refractivity contribution in [2.24, 2.45) is 0 Å². The van der Waals surface area contributed by atoms with E-state index in [9.17, 15) is 9.59 Å². The molecule has 2 aromatic carbocycles. The molecule has 0 unspecified atom stereocenters. The Morgan fingerprint density at radius 2 is 1.82 bits per heavy atom. The summed E-state index contributed by atoms with van der Waals surface area (Å²) in [5.41, 5.74) is 1.07. The summed E-state index contributed by atoms with van der Waals surface area (Å²) in [7, 11) is 0. The molecule has 2 aromatic heterocycles. The van der Waals surface area contributed by atoms with Gasteiger partial charge >= 0.3 is 0 Å². The lowest BCUT2D eigenvalue weighted by atomic mass is 10.1. The molecule has 0 aliphatic carbocycles. The van der Waals surface area contributed by atoms with E-state index in [-0.39, 0.29) is 23.2 Å². The van der Waals surface area contributed by atoms with Crippen molar-refractivity contribution >= 4 is 38.2 Å². The maximum Gasteiger partial charge on any atom is 0.274 e. The lowest BCUT2D eigenvalue weighted by molar-refractivity contribution is 0.0948. The molecule has 0 radical (unpaired) electrons. The number of benzene rings is 2. The lowest BCUT2D eigenvalue weighted by Gasteiger charge is -2.13. The predicted octanol–water partition coefficient (Wildman–Crippen LogP) is 3.56. The third-order valence-corrected chi connectivity index (χ3v) is 5.59. The third kappa shape index (κ3) is 3.41. The summed E-state index contributed by atoms with van der Waals surface area (Å²) in [4.78, 5) is 30.0. The van der Waals surface area contributed by atoms with Crippen LogP contribution in [-0.4, -0.2) is 27.2 Å². The first kappa shape index (κ1) is 18.3. The fourth-order valence-corrected chi connectivity index (χ4v) is 4.08. The molecule has 0 saturated heterocycles. The molecule has 0 aliphatic heterocycles. The van der Waals surface area contributed by atoms with E-state index in [0.717, 1.165) is 15.2 Å². The van der Waals surface area contributed by atoms with Crippen molar-refractivity contribution in [2.75, 3.05) is 6.54 Å². The number of thiazole rings is 1. The molecule has 0 aliphatic rings. The van der Waals surface area contributed by atoms with Gasteiger partial charge in [0.1, 0.15) is 0 Å². The van der Waals surface area contributed by atoms with E-state index in [4.69, 9.17) is 0 Å². The Morgan fingerprint density at radius 3 is 2.57 bits per heavy atom. The number of nitrogens with one attached hydrogen (secondary N) is 1. The summed E-state index contributed by atoms with van der Waals surface area (Å²) in [6, 6.07) is 14.9. The molecule has 4 aromatic rings. The van der Waals surface area contributed by atoms with Gasteiger partial charge < -0.3 is 5.32 Å². The molecular weight excluding hydrogens is 372 g/mol. The van der Waals surface area contributed by atoms with E-state index in [1.165, 1.54) is 4.68 Å². The van der Waals surface area contributed by atoms with Gasteiger partial charge in [-0.05, 0) is 32.0 Å². The van der Waals surface area contributed by atoms with E-state index < -0.39 is 0 Å². The summed E-state index contributed by atoms with van der Waals surface area (Å²) >= 11 is 1.63. The van der Waals surface area contributed by atoms with E-state index >= 15 is 0 Å². The number of carbonyl (C=O) groups excluding carboxylic acids is 1. The smallest absolute Gasteiger partial charge is 0.274 e. The van der Waals surface area contributed by atoms with Crippen LogP contribution in [0, 0.1) is 0 Å². The summed E-state index contributed by atoms with van der Waals surface area (Å²) in [5.74, 6) is -0.285. The molecule has 142 valence electrons. The van der Waals surface area contributed by atoms with Gasteiger partial charge in [0.2, 0.25) is 0 Å². The normalized spacial score (nSPS) is 11.4. The number of rotatable bonds is 5. The highest BCUT2D eigenvalue weighted by Crippen LogP contribution is 2.21. The average molecular weight is 392 g/mol. The summed E-state index contributed by atoms with van der Waals surface area (Å²) < 4.78 is 2.51. The summed E-state index contributed by atoms with van der Waals surface area (Å²) in [6.07, 6.45) is 0.646. The number of para-hydroxylation sites is 1. The first-order valence-corrected chi connectivity index (χ1v) is 10.0. The van der Waals surface area contributed by atoms with Gasteiger partial charge in [-0.25, -0.2) is 9.67 Å². The zero-order valence-electron chi connectivity index (χ0n) is 15.7. The molecule has 0 bridgehead atoms. The van der Waals surface area contributed by atoms with Gasteiger partial charge in [-0.2, -0.15) is 5.10 Å². The summed E-state index contributed by atoms with van der Waals surface area (Å²) in [6.45, 7) is 4.20. The standard InChI is InChI=1S/C21H20N4O2S/c1-13(2)25-21(27)15-8-4-3-7-14(15)19(24-25)20(26)22-12-11-18-23-16-9-5-6-10-17(16)28-18/h3-10,13H,11-12H2,1-2H3,(H,22,26). The predicted molar refractivity (Wildman–Crippen MR) is 112 cm³/mol. The van der Waals surface area contributed by atoms with E-state index in [1.54, 1.807) is 35.6 Å². The van der Waals surface area contributed by atoms with Crippen LogP contribution >= 0.6 is 11.3 Å². The number of carbonyl (C=O) groups is 1. The monoisotopic (exact) mass is 392 g/mol. The van der Waals surface area contributed by atoms with Crippen molar-refractivity contribution < 1.29 is 4.79 Å². The Morgan fingerprint density at radius 1 is 1.11 bits per heavy atom. The van der Waals surface area contributed by atoms with Crippen LogP contribution < -0.4 is 10.9 Å². The van der Waals surface area contributed by atoms with Gasteiger partial charge in [-0.15, -0.1) is 11.3 Å². The van der Waals surface area contributed by atoms with E-state index in [2.05, 4.69) is 15.4 Å². The zero-order chi connectivity index (χ0) is 19.7. The van der Waals surface area contributed by atoms with Crippen molar-refractivity contribution in [1.82, 2.24) is 20.1 Å². The first-order valence-electron chi connectivity index (χ1n) is 9.19. The van der Waals surface area contributed by atoms with Crippen LogP contribution in [0.25, 0.3) is 21.0 Å². The second kappa shape index (κ2) is 7.52. The topological polar surface area (TPSA) is 76.9 Å². The lowest BCUT2D eigenvalue weighted by Crippen LogP contribution is -2.32. The van der Waals surface area contributed by atoms with Gasteiger partial charge in [-0.1, -0.05) is 30.3 Å². The molecule has 28 heavy (non-hydrogen) atoms. The minimum absolute atomic E-state index is 0.133. The van der Waals surface area contributed by atoms with Crippen molar-refractivity contribution in [3.8, 4) is 0 Å². The number of nitrogens with zero attached hydrogens (tertiary/aromatic N) is 3. The molecule has 4 rings (SSSR count). The van der Waals surface area contributed by atoms with Crippen molar-refractivity contribution in [3.05, 3.63) is 69.6 Å². The fourth-order valence-electron chi connectivity index (χ4n) is 3.12. The van der Waals surface area contributed by atoms with Gasteiger partial charge in [0.25, 0.3) is 11.5 Å². The second-order valence-electron chi connectivity index (χ2n) is 6.82. The van der Waals surface area contributed by atoms with Crippen molar-refractivity contribution in [3.63, 3.8) is 0 Å². The third-order valence-electron chi connectivity index (χ3n) is 4.50. The molecule has 2 heterocycles.